The molecule has 110 valence electrons. The number of aliphatic hydroxyl groups is 1. The lowest BCUT2D eigenvalue weighted by Crippen LogP contribution is -2.41. The van der Waals surface area contributed by atoms with Crippen LogP contribution < -0.4 is 4.74 Å². The van der Waals surface area contributed by atoms with Crippen LogP contribution in [0.25, 0.3) is 0 Å². The van der Waals surface area contributed by atoms with Crippen molar-refractivity contribution in [1.82, 2.24) is 4.90 Å². The van der Waals surface area contributed by atoms with E-state index in [0.29, 0.717) is 18.2 Å². The first-order chi connectivity index (χ1) is 9.45. The molecule has 1 amide bonds. The van der Waals surface area contributed by atoms with E-state index >= 15 is 0 Å². The molecule has 1 saturated carbocycles. The van der Waals surface area contributed by atoms with E-state index in [1.54, 1.807) is 11.9 Å². The van der Waals surface area contributed by atoms with E-state index < -0.39 is 0 Å². The largest absolute Gasteiger partial charge is 0.483 e. The molecule has 4 nitrogen and oxygen atoms in total. The molecule has 0 atom stereocenters. The van der Waals surface area contributed by atoms with Gasteiger partial charge in [-0.15, -0.1) is 0 Å². The van der Waals surface area contributed by atoms with Crippen LogP contribution in [0.15, 0.2) is 22.7 Å². The standard InChI is InChI=1S/C15H20BrNO3/c1-10-3-4-14(13(16)5-10)20-9-15(19)17(2)8-11-6-12(18)7-11/h3-5,11-12,18H,6-9H2,1-2H3. The lowest BCUT2D eigenvalue weighted by Gasteiger charge is -2.34. The third kappa shape index (κ3) is 3.96. The van der Waals surface area contributed by atoms with Crippen LogP contribution in [0.5, 0.6) is 5.75 Å². The van der Waals surface area contributed by atoms with Crippen LogP contribution >= 0.6 is 15.9 Å². The Morgan fingerprint density at radius 1 is 1.50 bits per heavy atom. The number of carbonyl (C=O) groups excluding carboxylic acids is 1. The zero-order chi connectivity index (χ0) is 14.7. The first-order valence-corrected chi connectivity index (χ1v) is 7.56. The van der Waals surface area contributed by atoms with E-state index in [2.05, 4.69) is 15.9 Å². The minimum Gasteiger partial charge on any atom is -0.483 e. The summed E-state index contributed by atoms with van der Waals surface area (Å²) in [5.74, 6) is 1.06. The highest BCUT2D eigenvalue weighted by molar-refractivity contribution is 9.10. The highest BCUT2D eigenvalue weighted by Crippen LogP contribution is 2.28. The summed E-state index contributed by atoms with van der Waals surface area (Å²) in [7, 11) is 1.78. The van der Waals surface area contributed by atoms with Gasteiger partial charge in [0.1, 0.15) is 5.75 Å². The van der Waals surface area contributed by atoms with E-state index in [9.17, 15) is 9.90 Å². The molecule has 1 aliphatic rings. The molecule has 0 spiro atoms. The van der Waals surface area contributed by atoms with Crippen molar-refractivity contribution < 1.29 is 14.6 Å². The van der Waals surface area contributed by atoms with Crippen molar-refractivity contribution in [3.8, 4) is 5.75 Å². The first kappa shape index (κ1) is 15.3. The van der Waals surface area contributed by atoms with Crippen molar-refractivity contribution in [3.05, 3.63) is 28.2 Å². The Morgan fingerprint density at radius 2 is 2.20 bits per heavy atom. The number of amides is 1. The van der Waals surface area contributed by atoms with Gasteiger partial charge in [-0.2, -0.15) is 0 Å². The molecule has 1 N–H and O–H groups in total. The number of halogens is 1. The van der Waals surface area contributed by atoms with Crippen LogP contribution in [0.2, 0.25) is 0 Å². The summed E-state index contributed by atoms with van der Waals surface area (Å²) >= 11 is 3.42. The lowest BCUT2D eigenvalue weighted by molar-refractivity contribution is -0.133. The molecule has 1 aromatic carbocycles. The molecular formula is C15H20BrNO3. The number of rotatable bonds is 5. The van der Waals surface area contributed by atoms with Gasteiger partial charge in [-0.25, -0.2) is 0 Å². The molecule has 0 bridgehead atoms. The van der Waals surface area contributed by atoms with E-state index in [-0.39, 0.29) is 18.6 Å². The van der Waals surface area contributed by atoms with Gasteiger partial charge >= 0.3 is 0 Å². The summed E-state index contributed by atoms with van der Waals surface area (Å²) in [5, 5.41) is 9.24. The molecule has 1 fully saturated rings. The fourth-order valence-electron chi connectivity index (χ4n) is 2.31. The van der Waals surface area contributed by atoms with Crippen LogP contribution in [-0.2, 0) is 4.79 Å². The second-order valence-electron chi connectivity index (χ2n) is 5.49. The van der Waals surface area contributed by atoms with Gasteiger partial charge in [-0.1, -0.05) is 6.07 Å². The Bertz CT molecular complexity index is 486. The van der Waals surface area contributed by atoms with Crippen molar-refractivity contribution in [3.63, 3.8) is 0 Å². The summed E-state index contributed by atoms with van der Waals surface area (Å²) in [5.41, 5.74) is 1.14. The number of hydrogen-bond donors (Lipinski definition) is 1. The topological polar surface area (TPSA) is 49.8 Å². The van der Waals surface area contributed by atoms with Gasteiger partial charge in [0.2, 0.25) is 0 Å². The Morgan fingerprint density at radius 3 is 2.80 bits per heavy atom. The Balaban J connectivity index is 1.79. The molecule has 0 radical (unpaired) electrons. The number of aliphatic hydroxyl groups excluding tert-OH is 1. The van der Waals surface area contributed by atoms with Crippen molar-refractivity contribution >= 4 is 21.8 Å². The van der Waals surface area contributed by atoms with Crippen molar-refractivity contribution in [2.75, 3.05) is 20.2 Å². The Hall–Kier alpha value is -1.07. The van der Waals surface area contributed by atoms with Gasteiger partial charge in [0, 0.05) is 13.6 Å². The van der Waals surface area contributed by atoms with Gasteiger partial charge in [-0.05, 0) is 59.3 Å². The van der Waals surface area contributed by atoms with E-state index in [1.165, 1.54) is 0 Å². The summed E-state index contributed by atoms with van der Waals surface area (Å²) in [4.78, 5) is 13.7. The molecule has 20 heavy (non-hydrogen) atoms. The smallest absolute Gasteiger partial charge is 0.260 e. The summed E-state index contributed by atoms with van der Waals surface area (Å²) in [6.45, 7) is 2.72. The maximum absolute atomic E-state index is 12.0. The molecule has 0 aromatic heterocycles. The van der Waals surface area contributed by atoms with Gasteiger partial charge in [-0.3, -0.25) is 4.79 Å². The van der Waals surface area contributed by atoms with Crippen molar-refractivity contribution in [2.45, 2.75) is 25.9 Å². The summed E-state index contributed by atoms with van der Waals surface area (Å²) in [6, 6.07) is 5.76. The maximum atomic E-state index is 12.0. The van der Waals surface area contributed by atoms with Crippen LogP contribution in [0.3, 0.4) is 0 Å². The van der Waals surface area contributed by atoms with Crippen LogP contribution in [0.1, 0.15) is 18.4 Å². The third-order valence-electron chi connectivity index (χ3n) is 3.61. The van der Waals surface area contributed by atoms with Crippen LogP contribution in [-0.4, -0.2) is 42.2 Å². The SMILES string of the molecule is Cc1ccc(OCC(=O)N(C)CC2CC(O)C2)c(Br)c1. The number of ether oxygens (including phenoxy) is 1. The third-order valence-corrected chi connectivity index (χ3v) is 4.23. The fourth-order valence-corrected chi connectivity index (χ4v) is 2.92. The maximum Gasteiger partial charge on any atom is 0.260 e. The minimum atomic E-state index is -0.178. The number of nitrogens with zero attached hydrogens (tertiary/aromatic N) is 1. The predicted molar refractivity (Wildman–Crippen MR) is 80.7 cm³/mol. The van der Waals surface area contributed by atoms with Crippen molar-refractivity contribution in [1.29, 1.82) is 0 Å². The number of likely N-dealkylation sites (N-methyl/N-ethyl adjacent to an activating group) is 1. The number of aryl methyl sites for hydroxylation is 1. The Labute approximate surface area is 127 Å². The van der Waals surface area contributed by atoms with Crippen LogP contribution in [0, 0.1) is 12.8 Å². The highest BCUT2D eigenvalue weighted by Gasteiger charge is 2.29. The zero-order valence-electron chi connectivity index (χ0n) is 11.8. The second kappa shape index (κ2) is 6.59. The molecule has 0 aliphatic heterocycles. The first-order valence-electron chi connectivity index (χ1n) is 6.76. The average molecular weight is 342 g/mol. The molecule has 1 aliphatic carbocycles. The fraction of sp³-hybridized carbons (Fsp3) is 0.533. The average Bonchev–Trinajstić information content (AvgIpc) is 2.35. The monoisotopic (exact) mass is 341 g/mol. The highest BCUT2D eigenvalue weighted by atomic mass is 79.9. The summed E-state index contributed by atoms with van der Waals surface area (Å²) < 4.78 is 6.40. The van der Waals surface area contributed by atoms with Gasteiger partial charge in [0.15, 0.2) is 6.61 Å². The quantitative estimate of drug-likeness (QED) is 0.894. The van der Waals surface area contributed by atoms with Gasteiger partial charge in [0.05, 0.1) is 10.6 Å². The molecule has 0 heterocycles. The summed E-state index contributed by atoms with van der Waals surface area (Å²) in [6.07, 6.45) is 1.41. The number of benzene rings is 1. The van der Waals surface area contributed by atoms with E-state index in [4.69, 9.17) is 4.74 Å². The lowest BCUT2D eigenvalue weighted by atomic mass is 9.82. The normalized spacial score (nSPS) is 21.2. The number of hydrogen-bond acceptors (Lipinski definition) is 3. The molecular weight excluding hydrogens is 322 g/mol. The van der Waals surface area contributed by atoms with Gasteiger partial charge < -0.3 is 14.7 Å². The van der Waals surface area contributed by atoms with Crippen LogP contribution in [0.4, 0.5) is 0 Å². The molecule has 2 rings (SSSR count). The van der Waals surface area contributed by atoms with E-state index in [1.807, 2.05) is 25.1 Å². The van der Waals surface area contributed by atoms with Crippen molar-refractivity contribution in [2.24, 2.45) is 5.92 Å². The van der Waals surface area contributed by atoms with Gasteiger partial charge in [0.25, 0.3) is 5.91 Å². The molecule has 0 unspecified atom stereocenters. The molecule has 5 heteroatoms. The number of carbonyl (C=O) groups is 1. The molecule has 0 saturated heterocycles. The zero-order valence-corrected chi connectivity index (χ0v) is 13.4. The predicted octanol–water partition coefficient (Wildman–Crippen LogP) is 2.37. The second-order valence-corrected chi connectivity index (χ2v) is 6.34. The Kier molecular flexibility index (Phi) is 5.05. The molecule has 1 aromatic rings. The van der Waals surface area contributed by atoms with E-state index in [0.717, 1.165) is 22.9 Å². The minimum absolute atomic E-state index is 0.0352.